The maximum Gasteiger partial charge on any atom is 0.339 e. The standard InChI is InChI=1S/C29H32N4O3/c1-2-36-29(35)24-10-13-27(30-20-24)31-15-5-16-32(19-18-31)28(34)23-8-11-26(12-9-23)33-17-14-22-6-3-4-7-25(22)21-33/h3-4,6-13,20H,2,5,14-19,21H2,1H3. The summed E-state index contributed by atoms with van der Waals surface area (Å²) in [6, 6.07) is 20.3. The summed E-state index contributed by atoms with van der Waals surface area (Å²) in [5.41, 5.74) is 5.13. The number of carbonyl (C=O) groups excluding carboxylic acids is 2. The van der Waals surface area contributed by atoms with E-state index in [-0.39, 0.29) is 11.9 Å². The summed E-state index contributed by atoms with van der Waals surface area (Å²) in [5, 5.41) is 0. The van der Waals surface area contributed by atoms with Gasteiger partial charge in [0.25, 0.3) is 5.91 Å². The first kappa shape index (κ1) is 23.9. The number of pyridine rings is 1. The number of anilines is 2. The zero-order chi connectivity index (χ0) is 24.9. The topological polar surface area (TPSA) is 66.0 Å². The smallest absolute Gasteiger partial charge is 0.339 e. The van der Waals surface area contributed by atoms with Crippen LogP contribution in [0.25, 0.3) is 0 Å². The van der Waals surface area contributed by atoms with Crippen LogP contribution in [0.15, 0.2) is 66.9 Å². The number of ether oxygens (including phenoxy) is 1. The van der Waals surface area contributed by atoms with Crippen molar-refractivity contribution >= 4 is 23.4 Å². The molecule has 0 spiro atoms. The van der Waals surface area contributed by atoms with Gasteiger partial charge in [0.1, 0.15) is 5.82 Å². The average Bonchev–Trinajstić information content (AvgIpc) is 3.19. The van der Waals surface area contributed by atoms with Crippen LogP contribution in [-0.4, -0.2) is 61.1 Å². The molecular formula is C29H32N4O3. The predicted octanol–water partition coefficient (Wildman–Crippen LogP) is 4.17. The third-order valence-corrected chi connectivity index (χ3v) is 6.98. The fourth-order valence-electron chi connectivity index (χ4n) is 4.97. The molecule has 36 heavy (non-hydrogen) atoms. The molecule has 186 valence electrons. The van der Waals surface area contributed by atoms with E-state index < -0.39 is 0 Å². The molecule has 0 saturated carbocycles. The van der Waals surface area contributed by atoms with E-state index in [2.05, 4.69) is 51.2 Å². The van der Waals surface area contributed by atoms with Gasteiger partial charge in [-0.25, -0.2) is 9.78 Å². The van der Waals surface area contributed by atoms with Crippen LogP contribution in [0.2, 0.25) is 0 Å². The molecule has 2 aliphatic rings. The number of fused-ring (bicyclic) bond motifs is 1. The number of hydrogen-bond donors (Lipinski definition) is 0. The zero-order valence-electron chi connectivity index (χ0n) is 20.7. The van der Waals surface area contributed by atoms with Crippen molar-refractivity contribution in [2.45, 2.75) is 26.3 Å². The molecule has 0 aliphatic carbocycles. The van der Waals surface area contributed by atoms with Crippen LogP contribution in [-0.2, 0) is 17.7 Å². The van der Waals surface area contributed by atoms with Crippen molar-refractivity contribution in [3.63, 3.8) is 0 Å². The van der Waals surface area contributed by atoms with Crippen LogP contribution in [0.1, 0.15) is 45.2 Å². The summed E-state index contributed by atoms with van der Waals surface area (Å²) in [6.07, 6.45) is 3.46. The fourth-order valence-corrected chi connectivity index (χ4v) is 4.97. The van der Waals surface area contributed by atoms with E-state index in [1.165, 1.54) is 11.1 Å². The molecule has 0 unspecified atom stereocenters. The number of carbonyl (C=O) groups is 2. The Hall–Kier alpha value is -3.87. The summed E-state index contributed by atoms with van der Waals surface area (Å²) in [6.45, 7) is 6.86. The lowest BCUT2D eigenvalue weighted by atomic mass is 9.99. The van der Waals surface area contributed by atoms with E-state index in [0.29, 0.717) is 31.8 Å². The number of rotatable bonds is 5. The van der Waals surface area contributed by atoms with Crippen LogP contribution >= 0.6 is 0 Å². The number of nitrogens with zero attached hydrogens (tertiary/aromatic N) is 4. The Labute approximate surface area is 212 Å². The van der Waals surface area contributed by atoms with E-state index >= 15 is 0 Å². The second kappa shape index (κ2) is 10.8. The number of aromatic nitrogens is 1. The first-order valence-electron chi connectivity index (χ1n) is 12.7. The van der Waals surface area contributed by atoms with Crippen molar-refractivity contribution in [2.24, 2.45) is 0 Å². The predicted molar refractivity (Wildman–Crippen MR) is 141 cm³/mol. The fraction of sp³-hybridized carbons (Fsp3) is 0.345. The maximum absolute atomic E-state index is 13.3. The molecule has 0 N–H and O–H groups in total. The van der Waals surface area contributed by atoms with Crippen molar-refractivity contribution < 1.29 is 14.3 Å². The molecule has 5 rings (SSSR count). The Morgan fingerprint density at radius 2 is 1.61 bits per heavy atom. The van der Waals surface area contributed by atoms with Crippen LogP contribution in [0.4, 0.5) is 11.5 Å². The lowest BCUT2D eigenvalue weighted by Gasteiger charge is -2.31. The van der Waals surface area contributed by atoms with Gasteiger partial charge in [-0.05, 0) is 67.3 Å². The highest BCUT2D eigenvalue weighted by molar-refractivity contribution is 5.94. The van der Waals surface area contributed by atoms with Crippen LogP contribution in [0, 0.1) is 0 Å². The van der Waals surface area contributed by atoms with Gasteiger partial charge in [0, 0.05) is 56.7 Å². The van der Waals surface area contributed by atoms with Gasteiger partial charge in [-0.1, -0.05) is 24.3 Å². The summed E-state index contributed by atoms with van der Waals surface area (Å²) >= 11 is 0. The van der Waals surface area contributed by atoms with Crippen molar-refractivity contribution in [1.29, 1.82) is 0 Å². The van der Waals surface area contributed by atoms with Gasteiger partial charge in [0.2, 0.25) is 0 Å². The van der Waals surface area contributed by atoms with Crippen molar-refractivity contribution in [3.05, 3.63) is 89.1 Å². The zero-order valence-corrected chi connectivity index (χ0v) is 20.7. The van der Waals surface area contributed by atoms with E-state index in [0.717, 1.165) is 49.5 Å². The molecule has 0 bridgehead atoms. The minimum atomic E-state index is -0.361. The van der Waals surface area contributed by atoms with Crippen LogP contribution in [0.3, 0.4) is 0 Å². The molecule has 7 heteroatoms. The monoisotopic (exact) mass is 484 g/mol. The highest BCUT2D eigenvalue weighted by Crippen LogP contribution is 2.25. The Morgan fingerprint density at radius 1 is 0.833 bits per heavy atom. The van der Waals surface area contributed by atoms with Gasteiger partial charge in [0.15, 0.2) is 0 Å². The van der Waals surface area contributed by atoms with Gasteiger partial charge >= 0.3 is 5.97 Å². The highest BCUT2D eigenvalue weighted by Gasteiger charge is 2.22. The molecular weight excluding hydrogens is 452 g/mol. The molecule has 3 aromatic rings. The quantitative estimate of drug-likeness (QED) is 0.507. The molecule has 1 saturated heterocycles. The molecule has 1 amide bonds. The normalized spacial score (nSPS) is 15.8. The molecule has 0 radical (unpaired) electrons. The largest absolute Gasteiger partial charge is 0.462 e. The van der Waals surface area contributed by atoms with Crippen LogP contribution < -0.4 is 9.80 Å². The maximum atomic E-state index is 13.3. The van der Waals surface area contributed by atoms with Crippen molar-refractivity contribution in [2.75, 3.05) is 49.1 Å². The molecule has 0 atom stereocenters. The number of amides is 1. The van der Waals surface area contributed by atoms with Crippen LogP contribution in [0.5, 0.6) is 0 Å². The van der Waals surface area contributed by atoms with Gasteiger partial charge in [-0.15, -0.1) is 0 Å². The third kappa shape index (κ3) is 5.20. The number of benzene rings is 2. The molecule has 2 aromatic carbocycles. The first-order chi connectivity index (χ1) is 17.6. The Morgan fingerprint density at radius 3 is 2.36 bits per heavy atom. The Kier molecular flexibility index (Phi) is 7.16. The van der Waals surface area contributed by atoms with Gasteiger partial charge in [-0.2, -0.15) is 0 Å². The summed E-state index contributed by atoms with van der Waals surface area (Å²) in [5.74, 6) is 0.517. The van der Waals surface area contributed by atoms with Gasteiger partial charge in [0.05, 0.1) is 12.2 Å². The molecule has 2 aliphatic heterocycles. The van der Waals surface area contributed by atoms with Crippen molar-refractivity contribution in [1.82, 2.24) is 9.88 Å². The van der Waals surface area contributed by atoms with Gasteiger partial charge < -0.3 is 19.4 Å². The summed E-state index contributed by atoms with van der Waals surface area (Å²) in [7, 11) is 0. The number of hydrogen-bond acceptors (Lipinski definition) is 6. The van der Waals surface area contributed by atoms with Crippen molar-refractivity contribution in [3.8, 4) is 0 Å². The summed E-state index contributed by atoms with van der Waals surface area (Å²) in [4.78, 5) is 36.1. The first-order valence-corrected chi connectivity index (χ1v) is 12.7. The second-order valence-electron chi connectivity index (χ2n) is 9.25. The molecule has 7 nitrogen and oxygen atoms in total. The number of esters is 1. The van der Waals surface area contributed by atoms with E-state index in [4.69, 9.17) is 4.74 Å². The van der Waals surface area contributed by atoms with E-state index in [1.807, 2.05) is 23.1 Å². The van der Waals surface area contributed by atoms with E-state index in [9.17, 15) is 9.59 Å². The molecule has 3 heterocycles. The Balaban J connectivity index is 1.19. The SMILES string of the molecule is CCOC(=O)c1ccc(N2CCCN(C(=O)c3ccc(N4CCc5ccccc5C4)cc3)CC2)nc1. The lowest BCUT2D eigenvalue weighted by Crippen LogP contribution is -2.35. The summed E-state index contributed by atoms with van der Waals surface area (Å²) < 4.78 is 5.03. The molecule has 1 fully saturated rings. The lowest BCUT2D eigenvalue weighted by molar-refractivity contribution is 0.0525. The highest BCUT2D eigenvalue weighted by atomic mass is 16.5. The average molecular weight is 485 g/mol. The second-order valence-corrected chi connectivity index (χ2v) is 9.25. The minimum Gasteiger partial charge on any atom is -0.462 e. The Bertz CT molecular complexity index is 1210. The third-order valence-electron chi connectivity index (χ3n) is 6.98. The van der Waals surface area contributed by atoms with E-state index in [1.54, 1.807) is 19.2 Å². The van der Waals surface area contributed by atoms with Gasteiger partial charge in [-0.3, -0.25) is 4.79 Å². The minimum absolute atomic E-state index is 0.0676. The molecule has 1 aromatic heterocycles.